The van der Waals surface area contributed by atoms with Gasteiger partial charge in [-0.2, -0.15) is 0 Å². The first-order valence-electron chi connectivity index (χ1n) is 5.40. The predicted molar refractivity (Wildman–Crippen MR) is 78.0 cm³/mol. The average Bonchev–Trinajstić information content (AvgIpc) is 2.43. The van der Waals surface area contributed by atoms with Gasteiger partial charge in [0.25, 0.3) is 6.33 Å². The molecule has 2 aromatic heterocycles. The van der Waals surface area contributed by atoms with Crippen molar-refractivity contribution in [3.8, 4) is 0 Å². The van der Waals surface area contributed by atoms with E-state index in [0.717, 1.165) is 11.9 Å². The molecule has 0 amide bonds. The molecule has 0 spiro atoms. The Morgan fingerprint density at radius 1 is 1.00 bits per heavy atom. The fourth-order valence-electron chi connectivity index (χ4n) is 0.802. The number of hydrogen-bond donors (Lipinski definition) is 0. The first kappa shape index (κ1) is 28.0. The number of halogens is 2. The van der Waals surface area contributed by atoms with E-state index >= 15 is 0 Å². The smallest absolute Gasteiger partial charge is 0.286 e. The van der Waals surface area contributed by atoms with Crippen LogP contribution in [-0.4, -0.2) is 20.3 Å². The molecule has 113 valence electrons. The van der Waals surface area contributed by atoms with Gasteiger partial charge in [-0.05, 0) is 13.0 Å². The number of rotatable bonds is 1. The molecule has 20 heavy (non-hydrogen) atoms. The molecule has 0 unspecified atom stereocenters. The molecule has 0 bridgehead atoms. The second-order valence-electron chi connectivity index (χ2n) is 2.76. The Bertz CT molecular complexity index is 325. The summed E-state index contributed by atoms with van der Waals surface area (Å²) >= 11 is 3.15. The van der Waals surface area contributed by atoms with Crippen LogP contribution in [0.25, 0.3) is 0 Å². The Morgan fingerprint density at radius 2 is 1.50 bits per heavy atom. The van der Waals surface area contributed by atoms with Crippen LogP contribution in [-0.2, 0) is 25.1 Å². The first-order chi connectivity index (χ1) is 8.35. The standard InChI is InChI=1S/C6H9N2.C4H4N2.C2H5Br.CH3.BrH.V/c1-2-8-5-3-4-7-6-8;1-2-5-4-6-3-1;1-2-3;;;/h3-6H,2H2,1H3;1-4H;2H2,1H3;1H3;1H;/q+1;;;-1;;/p-1. The summed E-state index contributed by atoms with van der Waals surface area (Å²) in [5, 5.41) is 1.06. The largest absolute Gasteiger partial charge is 1.00 e. The molecule has 0 aliphatic carbocycles. The topological polar surface area (TPSA) is 42.5 Å². The molecule has 4 nitrogen and oxygen atoms in total. The molecule has 0 saturated carbocycles. The summed E-state index contributed by atoms with van der Waals surface area (Å²) in [5.41, 5.74) is 0. The van der Waals surface area contributed by atoms with Crippen LogP contribution in [0.4, 0.5) is 0 Å². The van der Waals surface area contributed by atoms with Gasteiger partial charge in [0.1, 0.15) is 12.5 Å². The van der Waals surface area contributed by atoms with E-state index in [4.69, 9.17) is 0 Å². The minimum Gasteiger partial charge on any atom is -1.00 e. The van der Waals surface area contributed by atoms with E-state index in [2.05, 4.69) is 37.8 Å². The fourth-order valence-corrected chi connectivity index (χ4v) is 0.802. The van der Waals surface area contributed by atoms with Crippen LogP contribution < -0.4 is 21.5 Å². The molecule has 0 aromatic carbocycles. The molecule has 2 heterocycles. The van der Waals surface area contributed by atoms with Crippen LogP contribution in [0.2, 0.25) is 0 Å². The molecule has 1 radical (unpaired) electrons. The quantitative estimate of drug-likeness (QED) is 0.346. The van der Waals surface area contributed by atoms with E-state index in [9.17, 15) is 0 Å². The third-order valence-electron chi connectivity index (χ3n) is 1.51. The van der Waals surface area contributed by atoms with Gasteiger partial charge in [0, 0.05) is 42.3 Å². The monoisotopic (exact) mass is 442 g/mol. The van der Waals surface area contributed by atoms with Crippen molar-refractivity contribution < 1.29 is 40.1 Å². The van der Waals surface area contributed by atoms with Gasteiger partial charge in [-0.1, -0.05) is 27.8 Å². The summed E-state index contributed by atoms with van der Waals surface area (Å²) in [5.74, 6) is 0. The Kier molecular flexibility index (Phi) is 33.2. The summed E-state index contributed by atoms with van der Waals surface area (Å²) < 4.78 is 2.01. The molecule has 0 atom stereocenters. The zero-order valence-electron chi connectivity index (χ0n) is 12.0. The van der Waals surface area contributed by atoms with Crippen LogP contribution in [0.1, 0.15) is 13.8 Å². The van der Waals surface area contributed by atoms with Crippen molar-refractivity contribution in [2.75, 3.05) is 5.33 Å². The Labute approximate surface area is 153 Å². The second kappa shape index (κ2) is 23.8. The number of aryl methyl sites for hydroxylation is 1. The van der Waals surface area contributed by atoms with E-state index < -0.39 is 0 Å². The zero-order valence-corrected chi connectivity index (χ0v) is 16.6. The molecule has 2 rings (SSSR count). The molecule has 0 aliphatic rings. The molecular weight excluding hydrogens is 423 g/mol. The van der Waals surface area contributed by atoms with E-state index in [1.54, 1.807) is 31.0 Å². The summed E-state index contributed by atoms with van der Waals surface area (Å²) in [6, 6.07) is 3.70. The van der Waals surface area contributed by atoms with Gasteiger partial charge in [-0.3, -0.25) is 0 Å². The molecule has 0 N–H and O–H groups in total. The van der Waals surface area contributed by atoms with E-state index in [0.29, 0.717) is 0 Å². The third-order valence-corrected chi connectivity index (χ3v) is 1.51. The van der Waals surface area contributed by atoms with E-state index in [1.165, 1.54) is 6.33 Å². The van der Waals surface area contributed by atoms with E-state index in [-0.39, 0.29) is 43.0 Å². The van der Waals surface area contributed by atoms with Crippen molar-refractivity contribution in [2.24, 2.45) is 0 Å². The van der Waals surface area contributed by atoms with E-state index in [1.807, 2.05) is 23.8 Å². The minimum atomic E-state index is 0. The van der Waals surface area contributed by atoms with Gasteiger partial charge in [0.2, 0.25) is 0 Å². The van der Waals surface area contributed by atoms with Crippen LogP contribution in [0.5, 0.6) is 0 Å². The summed E-state index contributed by atoms with van der Waals surface area (Å²) in [6.07, 6.45) is 10.4. The molecule has 0 aliphatic heterocycles. The first-order valence-corrected chi connectivity index (χ1v) is 6.52. The molecular formula is C13H21Br2N4V-. The van der Waals surface area contributed by atoms with Crippen LogP contribution in [0.15, 0.2) is 49.6 Å². The van der Waals surface area contributed by atoms with Gasteiger partial charge in [0.05, 0.1) is 12.7 Å². The van der Waals surface area contributed by atoms with Gasteiger partial charge >= 0.3 is 0 Å². The fraction of sp³-hybridized carbons (Fsp3) is 0.308. The van der Waals surface area contributed by atoms with Gasteiger partial charge in [0.15, 0.2) is 0 Å². The number of hydrogen-bond acceptors (Lipinski definition) is 3. The normalized spacial score (nSPS) is 6.95. The van der Waals surface area contributed by atoms with Crippen LogP contribution >= 0.6 is 15.9 Å². The van der Waals surface area contributed by atoms with Crippen molar-refractivity contribution >= 4 is 15.9 Å². The van der Waals surface area contributed by atoms with Gasteiger partial charge in [-0.15, -0.1) is 0 Å². The number of nitrogens with zero attached hydrogens (tertiary/aromatic N) is 4. The van der Waals surface area contributed by atoms with Crippen molar-refractivity contribution in [3.05, 3.63) is 57.0 Å². The van der Waals surface area contributed by atoms with Crippen molar-refractivity contribution in [1.82, 2.24) is 15.0 Å². The Morgan fingerprint density at radius 3 is 1.70 bits per heavy atom. The predicted octanol–water partition coefficient (Wildman–Crippen LogP) is -0.281. The minimum absolute atomic E-state index is 0. The SMILES string of the molecule is CCBr.CC[n+]1cccnc1.[Br-].[CH3-].[V].c1cncnc1. The van der Waals surface area contributed by atoms with Crippen molar-refractivity contribution in [1.29, 1.82) is 0 Å². The molecule has 0 fully saturated rings. The summed E-state index contributed by atoms with van der Waals surface area (Å²) in [4.78, 5) is 11.3. The molecule has 7 heteroatoms. The number of aromatic nitrogens is 4. The molecule has 0 saturated heterocycles. The maximum absolute atomic E-state index is 3.92. The maximum Gasteiger partial charge on any atom is 0.286 e. The van der Waals surface area contributed by atoms with Gasteiger partial charge < -0.3 is 24.4 Å². The zero-order chi connectivity index (χ0) is 12.8. The van der Waals surface area contributed by atoms with Gasteiger partial charge in [-0.25, -0.2) is 14.5 Å². The third kappa shape index (κ3) is 20.0. The Hall–Kier alpha value is -0.296. The summed E-state index contributed by atoms with van der Waals surface area (Å²) in [7, 11) is 0. The van der Waals surface area contributed by atoms with Crippen LogP contribution in [0.3, 0.4) is 0 Å². The maximum atomic E-state index is 3.92. The average molecular weight is 444 g/mol. The van der Waals surface area contributed by atoms with Crippen molar-refractivity contribution in [3.63, 3.8) is 0 Å². The van der Waals surface area contributed by atoms with Crippen LogP contribution in [0, 0.1) is 7.43 Å². The number of alkyl halides is 1. The second-order valence-corrected chi connectivity index (χ2v) is 3.88. The summed E-state index contributed by atoms with van der Waals surface area (Å²) in [6.45, 7) is 5.12. The molecule has 2 aromatic rings. The van der Waals surface area contributed by atoms with Crippen molar-refractivity contribution in [2.45, 2.75) is 20.4 Å². The Balaban J connectivity index is -0.0000000970.